The number of rotatable bonds is 6. The van der Waals surface area contributed by atoms with Crippen LogP contribution >= 0.6 is 11.6 Å². The van der Waals surface area contributed by atoms with Crippen molar-refractivity contribution >= 4 is 17.6 Å². The van der Waals surface area contributed by atoms with E-state index in [1.54, 1.807) is 31.2 Å². The van der Waals surface area contributed by atoms with E-state index in [0.717, 1.165) is 0 Å². The number of hydrogen-bond acceptors (Lipinski definition) is 4. The monoisotopic (exact) mass is 258 g/mol. The van der Waals surface area contributed by atoms with E-state index in [1.807, 2.05) is 0 Å². The molecule has 0 radical (unpaired) electrons. The molecule has 0 aliphatic heterocycles. The summed E-state index contributed by atoms with van der Waals surface area (Å²) in [6.45, 7) is 2.21. The van der Waals surface area contributed by atoms with Gasteiger partial charge in [-0.3, -0.25) is 0 Å². The molecule has 94 valence electrons. The van der Waals surface area contributed by atoms with Crippen molar-refractivity contribution in [2.45, 2.75) is 13.2 Å². The molecule has 0 saturated heterocycles. The summed E-state index contributed by atoms with van der Waals surface area (Å²) in [7, 11) is 1.34. The average molecular weight is 259 g/mol. The second-order valence-corrected chi connectivity index (χ2v) is 3.64. The maximum Gasteiger partial charge on any atom is 0.337 e. The number of ether oxygens (including phenoxy) is 3. The Bertz CT molecular complexity index is 350. The SMILES string of the molecule is COC(=O)c1ccc(OC(C)OCCCl)cc1. The van der Waals surface area contributed by atoms with E-state index in [9.17, 15) is 4.79 Å². The number of halogens is 1. The van der Waals surface area contributed by atoms with Crippen LogP contribution in [-0.2, 0) is 9.47 Å². The van der Waals surface area contributed by atoms with Crippen LogP contribution in [0.1, 0.15) is 17.3 Å². The van der Waals surface area contributed by atoms with Crippen LogP contribution in [0.15, 0.2) is 24.3 Å². The van der Waals surface area contributed by atoms with Gasteiger partial charge in [-0.2, -0.15) is 0 Å². The van der Waals surface area contributed by atoms with Gasteiger partial charge in [0.05, 0.1) is 19.3 Å². The molecule has 1 rings (SSSR count). The van der Waals surface area contributed by atoms with E-state index in [0.29, 0.717) is 23.8 Å². The normalized spacial score (nSPS) is 11.9. The third-order valence-corrected chi connectivity index (χ3v) is 2.16. The highest BCUT2D eigenvalue weighted by atomic mass is 35.5. The molecule has 1 unspecified atom stereocenters. The van der Waals surface area contributed by atoms with E-state index in [1.165, 1.54) is 7.11 Å². The number of carbonyl (C=O) groups excluding carboxylic acids is 1. The molecule has 0 aromatic heterocycles. The topological polar surface area (TPSA) is 44.8 Å². The highest BCUT2D eigenvalue weighted by Crippen LogP contribution is 2.14. The van der Waals surface area contributed by atoms with Gasteiger partial charge in [0.15, 0.2) is 6.29 Å². The molecule has 0 bridgehead atoms. The Morgan fingerprint density at radius 3 is 2.53 bits per heavy atom. The Morgan fingerprint density at radius 2 is 2.00 bits per heavy atom. The summed E-state index contributed by atoms with van der Waals surface area (Å²) in [5.41, 5.74) is 0.481. The minimum Gasteiger partial charge on any atom is -0.465 e. The molecular formula is C12H15ClO4. The number of methoxy groups -OCH3 is 1. The predicted octanol–water partition coefficient (Wildman–Crippen LogP) is 2.45. The van der Waals surface area contributed by atoms with Gasteiger partial charge < -0.3 is 14.2 Å². The lowest BCUT2D eigenvalue weighted by Gasteiger charge is -2.14. The smallest absolute Gasteiger partial charge is 0.337 e. The number of alkyl halides is 1. The molecule has 0 amide bonds. The van der Waals surface area contributed by atoms with Crippen LogP contribution in [0.3, 0.4) is 0 Å². The van der Waals surface area contributed by atoms with Gasteiger partial charge >= 0.3 is 5.97 Å². The Hall–Kier alpha value is -1.26. The Balaban J connectivity index is 2.53. The van der Waals surface area contributed by atoms with Crippen LogP contribution in [0.25, 0.3) is 0 Å². The van der Waals surface area contributed by atoms with Gasteiger partial charge in [0.1, 0.15) is 5.75 Å². The first-order chi connectivity index (χ1) is 8.17. The predicted molar refractivity (Wildman–Crippen MR) is 64.5 cm³/mol. The standard InChI is InChI=1S/C12H15ClO4/c1-9(16-8-7-13)17-11-5-3-10(4-6-11)12(14)15-2/h3-6,9H,7-8H2,1-2H3. The number of hydrogen-bond donors (Lipinski definition) is 0. The molecule has 0 fully saturated rings. The summed E-state index contributed by atoms with van der Waals surface area (Å²) in [6.07, 6.45) is -0.377. The van der Waals surface area contributed by atoms with E-state index >= 15 is 0 Å². The zero-order chi connectivity index (χ0) is 12.7. The third-order valence-electron chi connectivity index (χ3n) is 2.01. The van der Waals surface area contributed by atoms with Crippen molar-refractivity contribution in [3.63, 3.8) is 0 Å². The molecule has 4 nitrogen and oxygen atoms in total. The fourth-order valence-corrected chi connectivity index (χ4v) is 1.31. The quantitative estimate of drug-likeness (QED) is 0.447. The second kappa shape index (κ2) is 7.14. The molecule has 0 saturated carbocycles. The van der Waals surface area contributed by atoms with Crippen LogP contribution in [0.5, 0.6) is 5.75 Å². The summed E-state index contributed by atoms with van der Waals surface area (Å²) in [4.78, 5) is 11.2. The summed E-state index contributed by atoms with van der Waals surface area (Å²) in [5.74, 6) is 0.678. The summed E-state index contributed by atoms with van der Waals surface area (Å²) in [5, 5.41) is 0. The van der Waals surface area contributed by atoms with Crippen molar-refractivity contribution in [2.75, 3.05) is 19.6 Å². The lowest BCUT2D eigenvalue weighted by atomic mass is 10.2. The lowest BCUT2D eigenvalue weighted by Crippen LogP contribution is -2.17. The van der Waals surface area contributed by atoms with E-state index < -0.39 is 0 Å². The van der Waals surface area contributed by atoms with Crippen molar-refractivity contribution < 1.29 is 19.0 Å². The Kier molecular flexibility index (Phi) is 5.80. The molecule has 0 aliphatic carbocycles. The summed E-state index contributed by atoms with van der Waals surface area (Å²) < 4.78 is 15.3. The maximum atomic E-state index is 11.2. The molecule has 0 aliphatic rings. The van der Waals surface area contributed by atoms with Crippen molar-refractivity contribution in [2.24, 2.45) is 0 Å². The van der Waals surface area contributed by atoms with E-state index in [4.69, 9.17) is 21.1 Å². The highest BCUT2D eigenvalue weighted by molar-refractivity contribution is 6.17. The fraction of sp³-hybridized carbons (Fsp3) is 0.417. The van der Waals surface area contributed by atoms with Crippen molar-refractivity contribution in [1.82, 2.24) is 0 Å². The van der Waals surface area contributed by atoms with Crippen LogP contribution in [0.2, 0.25) is 0 Å². The first kappa shape index (κ1) is 13.8. The molecule has 1 aromatic carbocycles. The van der Waals surface area contributed by atoms with Crippen molar-refractivity contribution in [3.05, 3.63) is 29.8 Å². The largest absolute Gasteiger partial charge is 0.465 e. The maximum absolute atomic E-state index is 11.2. The number of esters is 1. The van der Waals surface area contributed by atoms with E-state index in [2.05, 4.69) is 4.74 Å². The van der Waals surface area contributed by atoms with Crippen molar-refractivity contribution in [1.29, 1.82) is 0 Å². The van der Waals surface area contributed by atoms with Crippen molar-refractivity contribution in [3.8, 4) is 5.75 Å². The molecule has 1 aromatic rings. The van der Waals surface area contributed by atoms with Crippen LogP contribution in [0, 0.1) is 0 Å². The van der Waals surface area contributed by atoms with Gasteiger partial charge in [-0.25, -0.2) is 4.79 Å². The molecular weight excluding hydrogens is 244 g/mol. The zero-order valence-electron chi connectivity index (χ0n) is 9.81. The third kappa shape index (κ3) is 4.63. The first-order valence-electron chi connectivity index (χ1n) is 5.20. The molecule has 0 spiro atoms. The average Bonchev–Trinajstić information content (AvgIpc) is 2.36. The summed E-state index contributed by atoms with van der Waals surface area (Å²) >= 11 is 5.49. The first-order valence-corrected chi connectivity index (χ1v) is 5.73. The fourth-order valence-electron chi connectivity index (χ4n) is 1.22. The Labute approximate surface area is 105 Å². The van der Waals surface area contributed by atoms with Crippen LogP contribution in [-0.4, -0.2) is 31.9 Å². The number of carbonyl (C=O) groups is 1. The lowest BCUT2D eigenvalue weighted by molar-refractivity contribution is -0.0605. The Morgan fingerprint density at radius 1 is 1.35 bits per heavy atom. The van der Waals surface area contributed by atoms with Gasteiger partial charge in [-0.15, -0.1) is 11.6 Å². The zero-order valence-corrected chi connectivity index (χ0v) is 10.6. The van der Waals surface area contributed by atoms with Gasteiger partial charge in [-0.05, 0) is 31.2 Å². The van der Waals surface area contributed by atoms with Crippen LogP contribution < -0.4 is 4.74 Å². The molecule has 5 heteroatoms. The van der Waals surface area contributed by atoms with Gasteiger partial charge in [0.25, 0.3) is 0 Å². The van der Waals surface area contributed by atoms with Gasteiger partial charge in [-0.1, -0.05) is 0 Å². The van der Waals surface area contributed by atoms with E-state index in [-0.39, 0.29) is 12.3 Å². The molecule has 0 heterocycles. The van der Waals surface area contributed by atoms with Gasteiger partial charge in [0, 0.05) is 5.88 Å². The van der Waals surface area contributed by atoms with Crippen LogP contribution in [0.4, 0.5) is 0 Å². The number of benzene rings is 1. The highest BCUT2D eigenvalue weighted by Gasteiger charge is 2.07. The second-order valence-electron chi connectivity index (χ2n) is 3.26. The minimum atomic E-state index is -0.377. The molecule has 0 N–H and O–H groups in total. The molecule has 17 heavy (non-hydrogen) atoms. The molecule has 1 atom stereocenters. The van der Waals surface area contributed by atoms with Gasteiger partial charge in [0.2, 0.25) is 0 Å². The minimum absolute atomic E-state index is 0.372. The summed E-state index contributed by atoms with van der Waals surface area (Å²) in [6, 6.07) is 6.64.